The Morgan fingerprint density at radius 2 is 2.23 bits per heavy atom. The van der Waals surface area contributed by atoms with Gasteiger partial charge in [0.1, 0.15) is 0 Å². The first-order valence-corrected chi connectivity index (χ1v) is 5.56. The van der Waals surface area contributed by atoms with Crippen LogP contribution in [0.4, 0.5) is 0 Å². The van der Waals surface area contributed by atoms with E-state index in [2.05, 4.69) is 11.4 Å². The third kappa shape index (κ3) is 1.80. The molecule has 2 atom stereocenters. The molecule has 2 rings (SSSR count). The van der Waals surface area contributed by atoms with Gasteiger partial charge in [0.15, 0.2) is 0 Å². The molecule has 4 heteroatoms. The van der Waals surface area contributed by atoms with E-state index in [9.17, 15) is 10.0 Å². The van der Waals surface area contributed by atoms with Crippen LogP contribution in [0.3, 0.4) is 0 Å². The molecule has 1 aromatic rings. The Kier molecular flexibility index (Phi) is 2.72. The predicted molar refractivity (Wildman–Crippen MR) is 54.9 cm³/mol. The minimum atomic E-state index is -1.14. The molecular weight excluding hydrogens is 183 g/mol. The molecule has 0 aliphatic heterocycles. The SMILES string of the molecule is OB(O)[C@H]1CCC[C@@H]1c1cccs1. The molecule has 0 unspecified atom stereocenters. The zero-order valence-electron chi connectivity index (χ0n) is 7.39. The molecule has 1 aliphatic rings. The van der Waals surface area contributed by atoms with Crippen LogP contribution in [0.15, 0.2) is 17.5 Å². The highest BCUT2D eigenvalue weighted by atomic mass is 32.1. The smallest absolute Gasteiger partial charge is 0.427 e. The van der Waals surface area contributed by atoms with Crippen molar-refractivity contribution in [1.29, 1.82) is 0 Å². The lowest BCUT2D eigenvalue weighted by molar-refractivity contribution is 0.378. The van der Waals surface area contributed by atoms with Crippen molar-refractivity contribution < 1.29 is 10.0 Å². The first kappa shape index (κ1) is 9.25. The number of thiophene rings is 1. The summed E-state index contributed by atoms with van der Waals surface area (Å²) in [5.41, 5.74) is 0. The van der Waals surface area contributed by atoms with Crippen molar-refractivity contribution in [3.8, 4) is 0 Å². The lowest BCUT2D eigenvalue weighted by atomic mass is 9.67. The highest BCUT2D eigenvalue weighted by Gasteiger charge is 2.36. The highest BCUT2D eigenvalue weighted by Crippen LogP contribution is 2.45. The van der Waals surface area contributed by atoms with Gasteiger partial charge in [-0.15, -0.1) is 11.3 Å². The van der Waals surface area contributed by atoms with E-state index in [1.54, 1.807) is 11.3 Å². The predicted octanol–water partition coefficient (Wildman–Crippen LogP) is 1.86. The average Bonchev–Trinajstić information content (AvgIpc) is 2.74. The van der Waals surface area contributed by atoms with Gasteiger partial charge in [-0.3, -0.25) is 0 Å². The van der Waals surface area contributed by atoms with Crippen molar-refractivity contribution in [3.05, 3.63) is 22.4 Å². The molecule has 0 amide bonds. The topological polar surface area (TPSA) is 40.5 Å². The van der Waals surface area contributed by atoms with Crippen molar-refractivity contribution in [2.45, 2.75) is 31.0 Å². The minimum Gasteiger partial charge on any atom is -0.427 e. The minimum absolute atomic E-state index is 0.0543. The van der Waals surface area contributed by atoms with Gasteiger partial charge < -0.3 is 10.0 Å². The fourth-order valence-corrected chi connectivity index (χ4v) is 3.14. The van der Waals surface area contributed by atoms with Crippen molar-refractivity contribution >= 4 is 18.5 Å². The second-order valence-corrected chi connectivity index (χ2v) is 4.61. The summed E-state index contributed by atoms with van der Waals surface area (Å²) < 4.78 is 0. The summed E-state index contributed by atoms with van der Waals surface area (Å²) in [5.74, 6) is 0.429. The monoisotopic (exact) mass is 196 g/mol. The van der Waals surface area contributed by atoms with E-state index in [0.717, 1.165) is 19.3 Å². The van der Waals surface area contributed by atoms with Crippen LogP contribution in [-0.2, 0) is 0 Å². The molecule has 0 radical (unpaired) electrons. The molecule has 70 valence electrons. The van der Waals surface area contributed by atoms with Crippen molar-refractivity contribution in [2.75, 3.05) is 0 Å². The van der Waals surface area contributed by atoms with Gasteiger partial charge in [0, 0.05) is 10.7 Å². The second kappa shape index (κ2) is 3.82. The molecule has 2 nitrogen and oxygen atoms in total. The second-order valence-electron chi connectivity index (χ2n) is 3.63. The Morgan fingerprint density at radius 3 is 2.85 bits per heavy atom. The van der Waals surface area contributed by atoms with Crippen LogP contribution in [0.1, 0.15) is 30.1 Å². The molecule has 0 aromatic carbocycles. The summed E-state index contributed by atoms with van der Waals surface area (Å²) in [5, 5.41) is 20.4. The maximum Gasteiger partial charge on any atom is 0.455 e. The summed E-state index contributed by atoms with van der Waals surface area (Å²) in [6.45, 7) is 0. The first-order valence-electron chi connectivity index (χ1n) is 4.68. The van der Waals surface area contributed by atoms with Crippen LogP contribution in [0.25, 0.3) is 0 Å². The standard InChI is InChI=1S/C9H13BO2S/c11-10(12)8-4-1-3-7(8)9-5-2-6-13-9/h2,5-8,11-12H,1,3-4H2/t7-,8-/m0/s1. The zero-order valence-corrected chi connectivity index (χ0v) is 8.20. The van der Waals surface area contributed by atoms with Gasteiger partial charge >= 0.3 is 7.12 Å². The summed E-state index contributed by atoms with van der Waals surface area (Å²) in [6.07, 6.45) is 3.16. The van der Waals surface area contributed by atoms with E-state index < -0.39 is 7.12 Å². The Hall–Kier alpha value is -0.315. The van der Waals surface area contributed by atoms with Crippen molar-refractivity contribution in [1.82, 2.24) is 0 Å². The average molecular weight is 196 g/mol. The van der Waals surface area contributed by atoms with E-state index in [-0.39, 0.29) is 5.82 Å². The molecule has 1 heterocycles. The first-order chi connectivity index (χ1) is 6.29. The van der Waals surface area contributed by atoms with Gasteiger partial charge in [0.05, 0.1) is 0 Å². The largest absolute Gasteiger partial charge is 0.455 e. The van der Waals surface area contributed by atoms with Gasteiger partial charge in [-0.25, -0.2) is 0 Å². The maximum absolute atomic E-state index is 9.18. The molecule has 0 bridgehead atoms. The fourth-order valence-electron chi connectivity index (χ4n) is 2.20. The Morgan fingerprint density at radius 1 is 1.38 bits per heavy atom. The third-order valence-electron chi connectivity index (χ3n) is 2.86. The highest BCUT2D eigenvalue weighted by molar-refractivity contribution is 7.10. The van der Waals surface area contributed by atoms with Crippen LogP contribution in [0, 0.1) is 0 Å². The van der Waals surface area contributed by atoms with Gasteiger partial charge in [-0.1, -0.05) is 18.9 Å². The molecule has 2 N–H and O–H groups in total. The summed E-state index contributed by atoms with van der Waals surface area (Å²) in [7, 11) is -1.14. The Labute approximate surface area is 82.4 Å². The van der Waals surface area contributed by atoms with E-state index in [0.29, 0.717) is 5.92 Å². The lowest BCUT2D eigenvalue weighted by Crippen LogP contribution is -2.21. The van der Waals surface area contributed by atoms with Crippen LogP contribution in [0.5, 0.6) is 0 Å². The molecule has 1 fully saturated rings. The third-order valence-corrected chi connectivity index (χ3v) is 3.87. The van der Waals surface area contributed by atoms with Crippen LogP contribution in [0.2, 0.25) is 5.82 Å². The van der Waals surface area contributed by atoms with E-state index >= 15 is 0 Å². The van der Waals surface area contributed by atoms with Crippen molar-refractivity contribution in [2.24, 2.45) is 0 Å². The normalized spacial score (nSPS) is 27.8. The zero-order chi connectivity index (χ0) is 9.26. The molecular formula is C9H13BO2S. The fraction of sp³-hybridized carbons (Fsp3) is 0.556. The molecule has 1 saturated carbocycles. The summed E-state index contributed by atoms with van der Waals surface area (Å²) in [4.78, 5) is 1.30. The van der Waals surface area contributed by atoms with E-state index in [1.165, 1.54) is 4.88 Å². The molecule has 13 heavy (non-hydrogen) atoms. The van der Waals surface area contributed by atoms with Crippen LogP contribution >= 0.6 is 11.3 Å². The van der Waals surface area contributed by atoms with Gasteiger partial charge in [-0.2, -0.15) is 0 Å². The van der Waals surface area contributed by atoms with Gasteiger partial charge in [-0.05, 0) is 23.8 Å². The summed E-state index contributed by atoms with van der Waals surface area (Å²) >= 11 is 1.72. The number of rotatable bonds is 2. The van der Waals surface area contributed by atoms with Crippen molar-refractivity contribution in [3.63, 3.8) is 0 Å². The van der Waals surface area contributed by atoms with E-state index in [4.69, 9.17) is 0 Å². The molecule has 0 saturated heterocycles. The Balaban J connectivity index is 2.14. The van der Waals surface area contributed by atoms with Gasteiger partial charge in [0.25, 0.3) is 0 Å². The van der Waals surface area contributed by atoms with Gasteiger partial charge in [0.2, 0.25) is 0 Å². The number of hydrogen-bond donors (Lipinski definition) is 2. The Bertz CT molecular complexity index is 261. The maximum atomic E-state index is 9.18. The number of hydrogen-bond acceptors (Lipinski definition) is 3. The summed E-state index contributed by atoms with van der Waals surface area (Å²) in [6, 6.07) is 4.12. The molecule has 0 spiro atoms. The molecule has 1 aliphatic carbocycles. The van der Waals surface area contributed by atoms with Crippen LogP contribution in [-0.4, -0.2) is 17.2 Å². The van der Waals surface area contributed by atoms with E-state index in [1.807, 2.05) is 6.07 Å². The lowest BCUT2D eigenvalue weighted by Gasteiger charge is -2.16. The van der Waals surface area contributed by atoms with Crippen LogP contribution < -0.4 is 0 Å². The quantitative estimate of drug-likeness (QED) is 0.708. The molecule has 1 aromatic heterocycles.